The number of carboxylic acids is 1. The maximum absolute atomic E-state index is 13.8. The maximum Gasteiger partial charge on any atom is 0.319 e. The van der Waals surface area contributed by atoms with Gasteiger partial charge >= 0.3 is 12.0 Å². The molecule has 0 saturated heterocycles. The Morgan fingerprint density at radius 2 is 1.20 bits per heavy atom. The van der Waals surface area contributed by atoms with E-state index in [0.29, 0.717) is 19.3 Å². The summed E-state index contributed by atoms with van der Waals surface area (Å²) in [6.45, 7) is 4.44. The van der Waals surface area contributed by atoms with E-state index in [1.807, 2.05) is 0 Å². The Morgan fingerprint density at radius 1 is 0.680 bits per heavy atom. The second-order valence-corrected chi connectivity index (χ2v) is 19.9. The van der Waals surface area contributed by atoms with Crippen molar-refractivity contribution in [2.24, 2.45) is 46.8 Å². The van der Waals surface area contributed by atoms with Crippen LogP contribution in [0.1, 0.15) is 81.5 Å². The summed E-state index contributed by atoms with van der Waals surface area (Å²) in [4.78, 5) is 100. The summed E-state index contributed by atoms with van der Waals surface area (Å²) in [5, 5.41) is 128. The van der Waals surface area contributed by atoms with Crippen LogP contribution in [0, 0.1) is 29.6 Å². The van der Waals surface area contributed by atoms with Gasteiger partial charge in [0.15, 0.2) is 22.8 Å². The van der Waals surface area contributed by atoms with Crippen molar-refractivity contribution >= 4 is 64.2 Å². The monoisotopic (exact) mass is 1050 g/mol. The van der Waals surface area contributed by atoms with Crippen LogP contribution in [0.2, 0.25) is 0 Å². The molecule has 2 fully saturated rings. The fourth-order valence-corrected chi connectivity index (χ4v) is 11.7. The van der Waals surface area contributed by atoms with Crippen molar-refractivity contribution in [3.63, 3.8) is 0 Å². The first-order valence-corrected chi connectivity index (χ1v) is 23.8. The first kappa shape index (κ1) is 55.1. The van der Waals surface area contributed by atoms with Crippen LogP contribution in [0.25, 0.3) is 11.5 Å². The van der Waals surface area contributed by atoms with Gasteiger partial charge in [-0.25, -0.2) is 4.79 Å². The second kappa shape index (κ2) is 19.5. The number of rotatable bonds is 12. The predicted octanol–water partition coefficient (Wildman–Crippen LogP) is -0.283. The fraction of sp³-hybridized carbons (Fsp3) is 0.440. The lowest BCUT2D eigenvalue weighted by atomic mass is 9.53. The maximum atomic E-state index is 13.8. The van der Waals surface area contributed by atoms with Crippen LogP contribution in [0.3, 0.4) is 0 Å². The number of phenolic OH excluding ortho intramolecular Hbond substituents is 2. The van der Waals surface area contributed by atoms with Crippen LogP contribution in [0.4, 0.5) is 10.5 Å². The Labute approximate surface area is 425 Å². The van der Waals surface area contributed by atoms with Gasteiger partial charge in [0, 0.05) is 66.8 Å². The Hall–Kier alpha value is -7.68. The topological polar surface area (TPSA) is 473 Å². The summed E-state index contributed by atoms with van der Waals surface area (Å²) in [6.07, 6.45) is 1.01. The smallest absolute Gasteiger partial charge is 0.319 e. The Kier molecular flexibility index (Phi) is 14.4. The van der Waals surface area contributed by atoms with E-state index in [1.165, 1.54) is 51.1 Å². The number of ketones is 4. The van der Waals surface area contributed by atoms with E-state index in [2.05, 4.69) is 16.0 Å². The Morgan fingerprint density at radius 3 is 1.75 bits per heavy atom. The molecule has 25 nitrogen and oxygen atoms in total. The number of fused-ring (bicyclic) bond motifs is 6. The van der Waals surface area contributed by atoms with Gasteiger partial charge in [-0.2, -0.15) is 0 Å². The van der Waals surface area contributed by atoms with Crippen molar-refractivity contribution in [3.05, 3.63) is 86.4 Å². The zero-order valence-electron chi connectivity index (χ0n) is 40.6. The number of Topliss-reactive ketones (excluding diaryl/α,β-unsaturated/α-hetero) is 4. The molecule has 6 aliphatic carbocycles. The highest BCUT2D eigenvalue weighted by atomic mass is 16.4. The van der Waals surface area contributed by atoms with E-state index >= 15 is 0 Å². The van der Waals surface area contributed by atoms with E-state index in [1.54, 1.807) is 0 Å². The van der Waals surface area contributed by atoms with Gasteiger partial charge in [0.25, 0.3) is 11.8 Å². The molecule has 8 rings (SSSR count). The number of nitrogens with two attached hydrogens (primary N) is 3. The SMILES string of the molecule is C[C@@H]1C(=O)C(C(N)=O)=C(O)[C@@]2(O)C(=O)C3=C(O)c4c(ccc(NC(=O)NCCCCCC(=O)O)c4O)[C@@](C)(O)[C@H]3C[C@@H]12.C[C@@]1(O)c2cccc(O)c2C(O)=C2C(=O)[C@]3(O)C(O)=C(C(N)=O)C(=O)[C@@H](NCCN)[C@@H]3C[C@@H]21. The molecule has 2 aromatic rings. The normalized spacial score (nSPS) is 30.7. The first-order valence-electron chi connectivity index (χ1n) is 23.8. The lowest BCUT2D eigenvalue weighted by Crippen LogP contribution is -2.67. The van der Waals surface area contributed by atoms with E-state index in [4.69, 9.17) is 22.3 Å². The number of carbonyl (C=O) groups excluding carboxylic acids is 7. The molecule has 0 aliphatic heterocycles. The number of benzene rings is 2. The number of phenols is 2. The number of anilines is 1. The minimum atomic E-state index is -2.82. The number of primary amides is 2. The van der Waals surface area contributed by atoms with Gasteiger partial charge < -0.3 is 89.3 Å². The fourth-order valence-electron chi connectivity index (χ4n) is 11.7. The molecule has 0 aromatic heterocycles. The number of aliphatic carboxylic acids is 1. The highest BCUT2D eigenvalue weighted by molar-refractivity contribution is 6.25. The number of carboxylic acid groups (broad SMARTS) is 1. The van der Waals surface area contributed by atoms with Crippen LogP contribution in [-0.4, -0.2) is 140 Å². The highest BCUT2D eigenvalue weighted by Gasteiger charge is 2.67. The van der Waals surface area contributed by atoms with E-state index < -0.39 is 167 Å². The number of carbonyl (C=O) groups is 8. The Bertz CT molecular complexity index is 3010. The van der Waals surface area contributed by atoms with E-state index in [9.17, 15) is 89.4 Å². The molecule has 0 radical (unpaired) electrons. The summed E-state index contributed by atoms with van der Waals surface area (Å²) in [6, 6.07) is 4.77. The molecule has 0 bridgehead atoms. The van der Waals surface area contributed by atoms with Crippen molar-refractivity contribution < 1.29 is 94.5 Å². The molecule has 0 unspecified atom stereocenters. The van der Waals surface area contributed by atoms with Crippen LogP contribution in [0.15, 0.2) is 64.1 Å². The Balaban J connectivity index is 0.000000225. The molecule has 402 valence electrons. The highest BCUT2D eigenvalue weighted by Crippen LogP contribution is 2.59. The zero-order valence-corrected chi connectivity index (χ0v) is 40.6. The standard InChI is InChI=1S/C28H33N3O11.C22H25N3O8/c1-11-13-10-14-18(23(37)28(13,42)24(38)19(20(11)34)25(29)39)22(36)17-12(27(14,2)41)7-8-15(21(17)35)31-26(40)30-9-5-3-4-6-16(32)33;1-21(32)8-3-2-4-11(26)12(8)16(27)13-9(21)7-10-15(25-6-5-23)17(28)14(20(24)31)19(30)22(10,33)18(13)29/h7-8,11,13-14,35-36,38,41-42H,3-6,9-10H2,1-2H3,(H2,29,39)(H,32,33)(H2,30,31,40);2-4,9-10,15,25-27,30,32-33H,5-7,23H2,1H3,(H2,24,31)/t11-,13-,14-,27+,28-;9-,10-,15-,21+,22-/m00/s1. The first-order chi connectivity index (χ1) is 35.0. The molecule has 0 heterocycles. The van der Waals surface area contributed by atoms with Gasteiger partial charge in [-0.3, -0.25) is 33.6 Å². The number of urea groups is 1. The number of unbranched alkanes of at least 4 members (excludes halogenated alkanes) is 2. The van der Waals surface area contributed by atoms with Crippen LogP contribution in [-0.2, 0) is 44.8 Å². The molecule has 0 spiro atoms. The van der Waals surface area contributed by atoms with Crippen molar-refractivity contribution in [3.8, 4) is 11.5 Å². The minimum Gasteiger partial charge on any atom is -0.508 e. The summed E-state index contributed by atoms with van der Waals surface area (Å²) in [5.74, 6) is -19.0. The average molecular weight is 1050 g/mol. The second-order valence-electron chi connectivity index (χ2n) is 19.9. The molecular weight excluding hydrogens is 989 g/mol. The number of hydrogen-bond donors (Lipinski definition) is 17. The van der Waals surface area contributed by atoms with E-state index in [0.717, 1.165) is 0 Å². The molecule has 10 atom stereocenters. The summed E-state index contributed by atoms with van der Waals surface area (Å²) >= 11 is 0. The molecule has 2 saturated carbocycles. The van der Waals surface area contributed by atoms with Gasteiger partial charge in [-0.1, -0.05) is 31.5 Å². The molecule has 6 aliphatic rings. The van der Waals surface area contributed by atoms with E-state index in [-0.39, 0.29) is 61.3 Å². The largest absolute Gasteiger partial charge is 0.508 e. The number of amides is 4. The van der Waals surface area contributed by atoms with Crippen LogP contribution >= 0.6 is 0 Å². The third-order valence-electron chi connectivity index (χ3n) is 15.6. The third kappa shape index (κ3) is 8.44. The molecular formula is C50H58N6O19. The zero-order chi connectivity index (χ0) is 55.8. The number of aromatic hydroxyl groups is 2. The molecule has 75 heavy (non-hydrogen) atoms. The molecule has 20 N–H and O–H groups in total. The average Bonchev–Trinajstić information content (AvgIpc) is 3.32. The lowest BCUT2D eigenvalue weighted by molar-refractivity contribution is -0.158. The van der Waals surface area contributed by atoms with Gasteiger partial charge in [0.2, 0.25) is 11.6 Å². The van der Waals surface area contributed by atoms with Crippen molar-refractivity contribution in [2.45, 2.75) is 87.7 Å². The van der Waals surface area contributed by atoms with Crippen LogP contribution < -0.4 is 33.2 Å². The van der Waals surface area contributed by atoms with Gasteiger partial charge in [-0.05, 0) is 62.8 Å². The third-order valence-corrected chi connectivity index (χ3v) is 15.6. The lowest BCUT2D eigenvalue weighted by Gasteiger charge is -2.52. The van der Waals surface area contributed by atoms with Crippen molar-refractivity contribution in [2.75, 3.05) is 25.0 Å². The minimum absolute atomic E-state index is 0.00116. The predicted molar refractivity (Wildman–Crippen MR) is 258 cm³/mol. The number of nitrogens with one attached hydrogen (secondary N) is 3. The van der Waals surface area contributed by atoms with Gasteiger partial charge in [-0.15, -0.1) is 0 Å². The number of aliphatic hydroxyl groups is 8. The van der Waals surface area contributed by atoms with Crippen LogP contribution in [0.5, 0.6) is 11.5 Å². The molecule has 4 amide bonds. The van der Waals surface area contributed by atoms with Crippen molar-refractivity contribution in [1.82, 2.24) is 10.6 Å². The summed E-state index contributed by atoms with van der Waals surface area (Å²) in [5.41, 5.74) is 3.23. The molecule has 25 heteroatoms. The quantitative estimate of drug-likeness (QED) is 0.0738. The number of aliphatic hydroxyl groups excluding tert-OH is 4. The number of hydrogen-bond acceptors (Lipinski definition) is 20. The van der Waals surface area contributed by atoms with Gasteiger partial charge in [0.1, 0.15) is 45.7 Å². The summed E-state index contributed by atoms with van der Waals surface area (Å²) < 4.78 is 0. The van der Waals surface area contributed by atoms with Gasteiger partial charge in [0.05, 0.1) is 34.1 Å². The summed E-state index contributed by atoms with van der Waals surface area (Å²) in [7, 11) is 0. The molecule has 2 aromatic carbocycles. The van der Waals surface area contributed by atoms with Crippen molar-refractivity contribution in [1.29, 1.82) is 0 Å².